The van der Waals surface area contributed by atoms with E-state index in [9.17, 15) is 9.59 Å². The van der Waals surface area contributed by atoms with E-state index in [4.69, 9.17) is 5.11 Å². The Kier molecular flexibility index (Phi) is 2.67. The maximum Gasteiger partial charge on any atom is 0.307 e. The summed E-state index contributed by atoms with van der Waals surface area (Å²) in [6.07, 6.45) is 3.68. The first-order valence-corrected chi connectivity index (χ1v) is 5.68. The summed E-state index contributed by atoms with van der Waals surface area (Å²) in [7, 11) is 0. The third-order valence-corrected chi connectivity index (χ3v) is 3.16. The van der Waals surface area contributed by atoms with Crippen LogP contribution >= 0.6 is 0 Å². The molecule has 4 heteroatoms. The zero-order chi connectivity index (χ0) is 11.0. The van der Waals surface area contributed by atoms with Gasteiger partial charge in [0.1, 0.15) is 0 Å². The molecule has 0 radical (unpaired) electrons. The molecule has 2 aliphatic rings. The van der Waals surface area contributed by atoms with Gasteiger partial charge >= 0.3 is 5.97 Å². The molecule has 0 spiro atoms. The van der Waals surface area contributed by atoms with Gasteiger partial charge < -0.3 is 10.0 Å². The van der Waals surface area contributed by atoms with Crippen LogP contribution in [0, 0.1) is 11.8 Å². The zero-order valence-corrected chi connectivity index (χ0v) is 8.98. The summed E-state index contributed by atoms with van der Waals surface area (Å²) in [5, 5.41) is 8.77. The molecule has 2 rings (SSSR count). The van der Waals surface area contributed by atoms with Gasteiger partial charge in [-0.25, -0.2) is 0 Å². The molecule has 0 saturated heterocycles. The van der Waals surface area contributed by atoms with E-state index < -0.39 is 11.9 Å². The third-order valence-electron chi connectivity index (χ3n) is 3.16. The van der Waals surface area contributed by atoms with Gasteiger partial charge in [0.2, 0.25) is 5.91 Å². The summed E-state index contributed by atoms with van der Waals surface area (Å²) in [6.45, 7) is 2.83. The molecule has 2 saturated carbocycles. The van der Waals surface area contributed by atoms with Crippen LogP contribution in [0.25, 0.3) is 0 Å². The van der Waals surface area contributed by atoms with Crippen LogP contribution in [0.15, 0.2) is 0 Å². The first-order valence-electron chi connectivity index (χ1n) is 5.68. The Morgan fingerprint density at radius 1 is 1.33 bits per heavy atom. The Bertz CT molecular complexity index is 286. The summed E-state index contributed by atoms with van der Waals surface area (Å²) in [6, 6.07) is 0.410. The Labute approximate surface area is 89.3 Å². The second-order valence-electron chi connectivity index (χ2n) is 4.55. The predicted octanol–water partition coefficient (Wildman–Crippen LogP) is 1.11. The van der Waals surface area contributed by atoms with Gasteiger partial charge in [0.05, 0.1) is 11.8 Å². The molecule has 84 valence electrons. The van der Waals surface area contributed by atoms with Crippen molar-refractivity contribution in [2.24, 2.45) is 11.8 Å². The average Bonchev–Trinajstić information content (AvgIpc) is 3.03. The standard InChI is InChI=1S/C11H17NO3/c1-2-5-12(7-3-4-7)10(13)8-6-9(8)11(14)15/h7-9H,2-6H2,1H3,(H,14,15). The summed E-state index contributed by atoms with van der Waals surface area (Å²) in [5.41, 5.74) is 0. The van der Waals surface area contributed by atoms with Crippen LogP contribution < -0.4 is 0 Å². The van der Waals surface area contributed by atoms with E-state index in [2.05, 4.69) is 0 Å². The molecular weight excluding hydrogens is 194 g/mol. The Morgan fingerprint density at radius 3 is 2.40 bits per heavy atom. The molecule has 2 atom stereocenters. The lowest BCUT2D eigenvalue weighted by Crippen LogP contribution is -2.35. The highest BCUT2D eigenvalue weighted by atomic mass is 16.4. The zero-order valence-electron chi connectivity index (χ0n) is 8.98. The summed E-state index contributed by atoms with van der Waals surface area (Å²) >= 11 is 0. The number of carboxylic acids is 1. The molecule has 0 heterocycles. The van der Waals surface area contributed by atoms with E-state index in [0.717, 1.165) is 25.8 Å². The molecule has 2 aliphatic carbocycles. The minimum Gasteiger partial charge on any atom is -0.481 e. The van der Waals surface area contributed by atoms with Gasteiger partial charge in [0.15, 0.2) is 0 Å². The van der Waals surface area contributed by atoms with Gasteiger partial charge in [-0.1, -0.05) is 6.92 Å². The fraction of sp³-hybridized carbons (Fsp3) is 0.818. The number of carboxylic acid groups (broad SMARTS) is 1. The fourth-order valence-electron chi connectivity index (χ4n) is 2.05. The predicted molar refractivity (Wildman–Crippen MR) is 54.3 cm³/mol. The van der Waals surface area contributed by atoms with Gasteiger partial charge in [0, 0.05) is 12.6 Å². The highest BCUT2D eigenvalue weighted by Gasteiger charge is 2.51. The quantitative estimate of drug-likeness (QED) is 0.741. The molecule has 2 fully saturated rings. The minimum atomic E-state index is -0.819. The number of carbonyl (C=O) groups is 2. The summed E-state index contributed by atoms with van der Waals surface area (Å²) in [4.78, 5) is 24.5. The van der Waals surface area contributed by atoms with Gasteiger partial charge in [0.25, 0.3) is 0 Å². The number of hydrogen-bond acceptors (Lipinski definition) is 2. The smallest absolute Gasteiger partial charge is 0.307 e. The Balaban J connectivity index is 1.91. The normalized spacial score (nSPS) is 28.6. The largest absolute Gasteiger partial charge is 0.481 e. The number of rotatable bonds is 5. The SMILES string of the molecule is CCCN(C(=O)C1CC1C(=O)O)C1CC1. The van der Waals surface area contributed by atoms with Crippen LogP contribution in [0.3, 0.4) is 0 Å². The third kappa shape index (κ3) is 2.13. The maximum absolute atomic E-state index is 12.0. The molecule has 1 amide bonds. The van der Waals surface area contributed by atoms with Crippen molar-refractivity contribution in [1.82, 2.24) is 4.90 Å². The van der Waals surface area contributed by atoms with Gasteiger partial charge in [-0.15, -0.1) is 0 Å². The fourth-order valence-corrected chi connectivity index (χ4v) is 2.05. The molecular formula is C11H17NO3. The topological polar surface area (TPSA) is 57.6 Å². The molecule has 0 aromatic carbocycles. The van der Waals surface area contributed by atoms with E-state index in [0.29, 0.717) is 12.5 Å². The van der Waals surface area contributed by atoms with Crippen LogP contribution in [0.5, 0.6) is 0 Å². The molecule has 4 nitrogen and oxygen atoms in total. The summed E-state index contributed by atoms with van der Waals surface area (Å²) < 4.78 is 0. The van der Waals surface area contributed by atoms with E-state index in [1.54, 1.807) is 0 Å². The number of hydrogen-bond donors (Lipinski definition) is 1. The maximum atomic E-state index is 12.0. The second kappa shape index (κ2) is 3.83. The Hall–Kier alpha value is -1.06. The van der Waals surface area contributed by atoms with Crippen LogP contribution in [-0.2, 0) is 9.59 Å². The van der Waals surface area contributed by atoms with Gasteiger partial charge in [-0.3, -0.25) is 9.59 Å². The van der Waals surface area contributed by atoms with Crippen LogP contribution in [0.2, 0.25) is 0 Å². The highest BCUT2D eigenvalue weighted by Crippen LogP contribution is 2.42. The monoisotopic (exact) mass is 211 g/mol. The minimum absolute atomic E-state index is 0.0757. The lowest BCUT2D eigenvalue weighted by atomic mass is 10.2. The lowest BCUT2D eigenvalue weighted by Gasteiger charge is -2.21. The van der Waals surface area contributed by atoms with Crippen LogP contribution in [0.1, 0.15) is 32.6 Å². The number of nitrogens with zero attached hydrogens (tertiary/aromatic N) is 1. The van der Waals surface area contributed by atoms with Crippen molar-refractivity contribution < 1.29 is 14.7 Å². The van der Waals surface area contributed by atoms with Gasteiger partial charge in [-0.2, -0.15) is 0 Å². The van der Waals surface area contributed by atoms with Crippen molar-refractivity contribution >= 4 is 11.9 Å². The van der Waals surface area contributed by atoms with Gasteiger partial charge in [-0.05, 0) is 25.7 Å². The lowest BCUT2D eigenvalue weighted by molar-refractivity contribution is -0.142. The van der Waals surface area contributed by atoms with Crippen LogP contribution in [-0.4, -0.2) is 34.5 Å². The van der Waals surface area contributed by atoms with Crippen molar-refractivity contribution in [3.63, 3.8) is 0 Å². The number of carbonyl (C=O) groups excluding carboxylic acids is 1. The molecule has 0 aromatic rings. The van der Waals surface area contributed by atoms with Crippen molar-refractivity contribution in [3.8, 4) is 0 Å². The van der Waals surface area contributed by atoms with E-state index in [1.165, 1.54) is 0 Å². The Morgan fingerprint density at radius 2 is 2.00 bits per heavy atom. The van der Waals surface area contributed by atoms with Crippen molar-refractivity contribution in [1.29, 1.82) is 0 Å². The average molecular weight is 211 g/mol. The second-order valence-corrected chi connectivity index (χ2v) is 4.55. The molecule has 15 heavy (non-hydrogen) atoms. The van der Waals surface area contributed by atoms with E-state index >= 15 is 0 Å². The highest BCUT2D eigenvalue weighted by molar-refractivity contribution is 5.89. The van der Waals surface area contributed by atoms with Crippen LogP contribution in [0.4, 0.5) is 0 Å². The summed E-state index contributed by atoms with van der Waals surface area (Å²) in [5.74, 6) is -1.38. The van der Waals surface area contributed by atoms with E-state index in [1.807, 2.05) is 11.8 Å². The van der Waals surface area contributed by atoms with Crippen molar-refractivity contribution in [2.45, 2.75) is 38.6 Å². The molecule has 0 aromatic heterocycles. The molecule has 2 unspecified atom stereocenters. The number of aliphatic carboxylic acids is 1. The van der Waals surface area contributed by atoms with Crippen molar-refractivity contribution in [2.75, 3.05) is 6.54 Å². The first kappa shape index (κ1) is 10.5. The first-order chi connectivity index (χ1) is 7.15. The molecule has 0 aliphatic heterocycles. The molecule has 1 N–H and O–H groups in total. The van der Waals surface area contributed by atoms with Crippen molar-refractivity contribution in [3.05, 3.63) is 0 Å². The molecule has 0 bridgehead atoms. The number of amides is 1. The van der Waals surface area contributed by atoms with E-state index in [-0.39, 0.29) is 11.8 Å².